The monoisotopic (exact) mass is 215 g/mol. The van der Waals surface area contributed by atoms with E-state index < -0.39 is 0 Å². The third-order valence-corrected chi connectivity index (χ3v) is 2.84. The first kappa shape index (κ1) is 10.9. The van der Waals surface area contributed by atoms with E-state index in [-0.39, 0.29) is 5.78 Å². The first-order valence-corrected chi connectivity index (χ1v) is 5.90. The highest BCUT2D eigenvalue weighted by Crippen LogP contribution is 2.12. The highest BCUT2D eigenvalue weighted by Gasteiger charge is 2.06. The van der Waals surface area contributed by atoms with Gasteiger partial charge in [0.2, 0.25) is 0 Å². The molecule has 0 aliphatic carbocycles. The van der Waals surface area contributed by atoms with Crippen molar-refractivity contribution in [1.82, 2.24) is 5.32 Å². The van der Waals surface area contributed by atoms with Crippen LogP contribution >= 0.6 is 0 Å². The second kappa shape index (κ2) is 5.50. The van der Waals surface area contributed by atoms with Crippen molar-refractivity contribution in [3.63, 3.8) is 0 Å². The largest absolute Gasteiger partial charge is 0.388 e. The summed E-state index contributed by atoms with van der Waals surface area (Å²) in [7, 11) is 0. The molecule has 0 spiro atoms. The fraction of sp³-hybridized carbons (Fsp3) is 0.357. The molecule has 84 valence electrons. The third-order valence-electron chi connectivity index (χ3n) is 2.84. The molecule has 0 amide bonds. The first-order chi connectivity index (χ1) is 7.86. The van der Waals surface area contributed by atoms with Gasteiger partial charge in [-0.2, -0.15) is 0 Å². The molecule has 1 aliphatic heterocycles. The smallest absolute Gasteiger partial charge is 0.187 e. The summed E-state index contributed by atoms with van der Waals surface area (Å²) in [5, 5.41) is 3.32. The van der Waals surface area contributed by atoms with E-state index in [1.54, 1.807) is 6.08 Å². The minimum absolute atomic E-state index is 0.102. The Balaban J connectivity index is 2.08. The summed E-state index contributed by atoms with van der Waals surface area (Å²) in [5.74, 6) is 0.102. The van der Waals surface area contributed by atoms with Crippen molar-refractivity contribution in [3.05, 3.63) is 47.7 Å². The van der Waals surface area contributed by atoms with Crippen molar-refractivity contribution in [3.8, 4) is 0 Å². The molecule has 1 fully saturated rings. The zero-order chi connectivity index (χ0) is 11.2. The minimum Gasteiger partial charge on any atom is -0.388 e. The van der Waals surface area contributed by atoms with Crippen LogP contribution in [0.2, 0.25) is 0 Å². The maximum atomic E-state index is 11.9. The molecule has 0 radical (unpaired) electrons. The van der Waals surface area contributed by atoms with Gasteiger partial charge >= 0.3 is 0 Å². The number of benzene rings is 1. The average molecular weight is 215 g/mol. The molecule has 1 N–H and O–H groups in total. The molecule has 1 aliphatic rings. The topological polar surface area (TPSA) is 29.1 Å². The summed E-state index contributed by atoms with van der Waals surface area (Å²) in [6.07, 6.45) is 6.39. The zero-order valence-electron chi connectivity index (χ0n) is 9.41. The van der Waals surface area contributed by atoms with Gasteiger partial charge < -0.3 is 5.32 Å². The van der Waals surface area contributed by atoms with Crippen LogP contribution in [-0.4, -0.2) is 12.3 Å². The van der Waals surface area contributed by atoms with Gasteiger partial charge in [-0.05, 0) is 19.3 Å². The molecule has 16 heavy (non-hydrogen) atoms. The number of nitrogens with one attached hydrogen (secondary N) is 1. The van der Waals surface area contributed by atoms with E-state index in [0.29, 0.717) is 0 Å². The quantitative estimate of drug-likeness (QED) is 0.607. The first-order valence-electron chi connectivity index (χ1n) is 5.90. The molecule has 0 bridgehead atoms. The summed E-state index contributed by atoms with van der Waals surface area (Å²) < 4.78 is 0. The van der Waals surface area contributed by atoms with Crippen LogP contribution in [-0.2, 0) is 0 Å². The average Bonchev–Trinajstić information content (AvgIpc) is 2.59. The van der Waals surface area contributed by atoms with Crippen molar-refractivity contribution in [2.75, 3.05) is 6.54 Å². The summed E-state index contributed by atoms with van der Waals surface area (Å²) >= 11 is 0. The lowest BCUT2D eigenvalue weighted by Crippen LogP contribution is -2.13. The number of ketones is 1. The van der Waals surface area contributed by atoms with E-state index >= 15 is 0 Å². The van der Waals surface area contributed by atoms with E-state index in [0.717, 1.165) is 24.2 Å². The Kier molecular flexibility index (Phi) is 3.76. The normalized spacial score (nSPS) is 18.9. The Morgan fingerprint density at radius 2 is 1.94 bits per heavy atom. The lowest BCUT2D eigenvalue weighted by Gasteiger charge is -2.05. The molecule has 1 aromatic carbocycles. The van der Waals surface area contributed by atoms with Gasteiger partial charge in [-0.15, -0.1) is 0 Å². The molecule has 1 heterocycles. The molecule has 0 atom stereocenters. The van der Waals surface area contributed by atoms with E-state index in [9.17, 15) is 4.79 Å². The van der Waals surface area contributed by atoms with Gasteiger partial charge in [-0.1, -0.05) is 36.8 Å². The molecule has 1 aromatic rings. The Morgan fingerprint density at radius 3 is 2.75 bits per heavy atom. The number of allylic oxidation sites excluding steroid dienone is 2. The highest BCUT2D eigenvalue weighted by atomic mass is 16.1. The number of hydrogen-bond donors (Lipinski definition) is 1. The minimum atomic E-state index is 0.102. The molecule has 2 heteroatoms. The number of rotatable bonds is 2. The number of hydrogen-bond acceptors (Lipinski definition) is 2. The van der Waals surface area contributed by atoms with E-state index in [2.05, 4.69) is 5.32 Å². The summed E-state index contributed by atoms with van der Waals surface area (Å²) in [6.45, 7) is 0.994. The summed E-state index contributed by atoms with van der Waals surface area (Å²) in [5.41, 5.74) is 1.85. The third kappa shape index (κ3) is 2.96. The van der Waals surface area contributed by atoms with Gasteiger partial charge in [-0.3, -0.25) is 4.79 Å². The predicted molar refractivity (Wildman–Crippen MR) is 65.3 cm³/mol. The Morgan fingerprint density at radius 1 is 1.12 bits per heavy atom. The molecular formula is C14H17NO. The van der Waals surface area contributed by atoms with Gasteiger partial charge in [0, 0.05) is 23.9 Å². The lowest BCUT2D eigenvalue weighted by atomic mass is 10.1. The molecule has 0 unspecified atom stereocenters. The van der Waals surface area contributed by atoms with Crippen LogP contribution in [0.1, 0.15) is 36.0 Å². The van der Waals surface area contributed by atoms with Gasteiger partial charge in [-0.25, -0.2) is 0 Å². The molecular weight excluding hydrogens is 198 g/mol. The lowest BCUT2D eigenvalue weighted by molar-refractivity contribution is 0.104. The second-order valence-electron chi connectivity index (χ2n) is 4.14. The Labute approximate surface area is 96.4 Å². The van der Waals surface area contributed by atoms with Gasteiger partial charge in [0.05, 0.1) is 0 Å². The summed E-state index contributed by atoms with van der Waals surface area (Å²) in [6, 6.07) is 9.43. The maximum Gasteiger partial charge on any atom is 0.187 e. The van der Waals surface area contributed by atoms with Gasteiger partial charge in [0.15, 0.2) is 5.78 Å². The van der Waals surface area contributed by atoms with Gasteiger partial charge in [0.1, 0.15) is 0 Å². The molecule has 2 rings (SSSR count). The van der Waals surface area contributed by atoms with Crippen molar-refractivity contribution < 1.29 is 4.79 Å². The molecule has 1 saturated heterocycles. The molecule has 0 aromatic heterocycles. The fourth-order valence-corrected chi connectivity index (χ4v) is 1.92. The van der Waals surface area contributed by atoms with Crippen LogP contribution in [0, 0.1) is 0 Å². The van der Waals surface area contributed by atoms with Crippen LogP contribution in [0.3, 0.4) is 0 Å². The van der Waals surface area contributed by atoms with Crippen LogP contribution in [0.5, 0.6) is 0 Å². The van der Waals surface area contributed by atoms with E-state index in [1.165, 1.54) is 19.3 Å². The number of carbonyl (C=O) groups is 1. The van der Waals surface area contributed by atoms with Crippen molar-refractivity contribution >= 4 is 5.78 Å². The van der Waals surface area contributed by atoms with Crippen LogP contribution in [0.15, 0.2) is 42.1 Å². The standard InChI is InChI=1S/C14H17NO/c16-14(12-7-3-1-4-8-12)11-13-9-5-2-6-10-15-13/h1,3-4,7-8,11,15H,2,5-6,9-10H2/b13-11+. The second-order valence-corrected chi connectivity index (χ2v) is 4.14. The predicted octanol–water partition coefficient (Wildman–Crippen LogP) is 2.92. The zero-order valence-corrected chi connectivity index (χ0v) is 9.41. The highest BCUT2D eigenvalue weighted by molar-refractivity contribution is 6.04. The molecule has 0 saturated carbocycles. The van der Waals surface area contributed by atoms with E-state index in [1.807, 2.05) is 30.3 Å². The van der Waals surface area contributed by atoms with Gasteiger partial charge in [0.25, 0.3) is 0 Å². The van der Waals surface area contributed by atoms with Crippen molar-refractivity contribution in [1.29, 1.82) is 0 Å². The number of carbonyl (C=O) groups excluding carboxylic acids is 1. The summed E-state index contributed by atoms with van der Waals surface area (Å²) in [4.78, 5) is 11.9. The maximum absolute atomic E-state index is 11.9. The van der Waals surface area contributed by atoms with Crippen LogP contribution in [0.4, 0.5) is 0 Å². The van der Waals surface area contributed by atoms with Crippen LogP contribution in [0.25, 0.3) is 0 Å². The van der Waals surface area contributed by atoms with Crippen molar-refractivity contribution in [2.24, 2.45) is 0 Å². The SMILES string of the molecule is O=C(/C=C1\CCCCCN1)c1ccccc1. The Bertz CT molecular complexity index is 371. The Hall–Kier alpha value is -1.57. The van der Waals surface area contributed by atoms with Crippen molar-refractivity contribution in [2.45, 2.75) is 25.7 Å². The fourth-order valence-electron chi connectivity index (χ4n) is 1.92. The van der Waals surface area contributed by atoms with Crippen LogP contribution < -0.4 is 5.32 Å². The van der Waals surface area contributed by atoms with E-state index in [4.69, 9.17) is 0 Å². The molecule has 2 nitrogen and oxygen atoms in total.